The summed E-state index contributed by atoms with van der Waals surface area (Å²) in [4.78, 5) is 9.98. The van der Waals surface area contributed by atoms with Crippen molar-refractivity contribution >= 4 is 50.4 Å². The predicted octanol–water partition coefficient (Wildman–Crippen LogP) is 3.04. The molecule has 0 unspecified atom stereocenters. The standard InChI is InChI=1S/C23H24Cl2FN7O3S/c1-37(34,35)33-6-4-32(5-7-33)20-9-18(26)15(10-31-20)22(28)14-8-13(2-3-19(14)27)36-23(29)21-16(24)11-30-12-17(21)25/h2-3,8-12,23,28H,4-7,27,29H2,1H3/t23-/m0/s1. The van der Waals surface area contributed by atoms with Crippen LogP contribution in [0.15, 0.2) is 42.9 Å². The zero-order valence-electron chi connectivity index (χ0n) is 19.7. The highest BCUT2D eigenvalue weighted by Crippen LogP contribution is 2.31. The highest BCUT2D eigenvalue weighted by Gasteiger charge is 2.25. The van der Waals surface area contributed by atoms with Crippen LogP contribution in [0.4, 0.5) is 15.9 Å². The molecule has 196 valence electrons. The average Bonchev–Trinajstić information content (AvgIpc) is 2.84. The van der Waals surface area contributed by atoms with Crippen molar-refractivity contribution in [3.05, 3.63) is 75.4 Å². The number of nitrogen functional groups attached to an aromatic ring is 1. The maximum absolute atomic E-state index is 15.1. The lowest BCUT2D eigenvalue weighted by Gasteiger charge is -2.34. The zero-order chi connectivity index (χ0) is 26.9. The van der Waals surface area contributed by atoms with E-state index in [4.69, 9.17) is 44.8 Å². The highest BCUT2D eigenvalue weighted by molar-refractivity contribution is 7.88. The monoisotopic (exact) mass is 567 g/mol. The summed E-state index contributed by atoms with van der Waals surface area (Å²) in [5.74, 6) is -0.0539. The van der Waals surface area contributed by atoms with Crippen LogP contribution >= 0.6 is 23.2 Å². The SMILES string of the molecule is CS(=O)(=O)N1CCN(c2cc(F)c(C(=N)c3cc(O[C@H](N)c4c(Cl)cncc4Cl)ccc3N)cn2)CC1. The van der Waals surface area contributed by atoms with Gasteiger partial charge in [-0.05, 0) is 18.2 Å². The molecule has 1 atom stereocenters. The van der Waals surface area contributed by atoms with E-state index < -0.39 is 22.1 Å². The number of ether oxygens (including phenoxy) is 1. The van der Waals surface area contributed by atoms with E-state index in [1.54, 1.807) is 11.0 Å². The number of nitrogens with two attached hydrogens (primary N) is 2. The zero-order valence-corrected chi connectivity index (χ0v) is 22.0. The predicted molar refractivity (Wildman–Crippen MR) is 141 cm³/mol. The minimum absolute atomic E-state index is 0.0631. The third kappa shape index (κ3) is 5.94. The average molecular weight is 568 g/mol. The van der Waals surface area contributed by atoms with Crippen molar-refractivity contribution in [2.24, 2.45) is 5.73 Å². The van der Waals surface area contributed by atoms with Crippen molar-refractivity contribution in [1.29, 1.82) is 5.41 Å². The van der Waals surface area contributed by atoms with Gasteiger partial charge in [0.25, 0.3) is 0 Å². The molecule has 1 aliphatic heterocycles. The van der Waals surface area contributed by atoms with Gasteiger partial charge in [-0.15, -0.1) is 0 Å². The fourth-order valence-electron chi connectivity index (χ4n) is 3.90. The van der Waals surface area contributed by atoms with Crippen molar-refractivity contribution in [3.8, 4) is 5.75 Å². The Labute approximate surface area is 223 Å². The van der Waals surface area contributed by atoms with Crippen LogP contribution in [0.3, 0.4) is 0 Å². The maximum Gasteiger partial charge on any atom is 0.211 e. The number of aromatic nitrogens is 2. The summed E-state index contributed by atoms with van der Waals surface area (Å²) in [7, 11) is -3.29. The summed E-state index contributed by atoms with van der Waals surface area (Å²) in [6.45, 7) is 1.30. The Bertz CT molecular complexity index is 1430. The number of pyridine rings is 2. The molecular formula is C23H24Cl2FN7O3S. The first kappa shape index (κ1) is 27.0. The molecule has 1 fully saturated rings. The number of halogens is 3. The second-order valence-electron chi connectivity index (χ2n) is 8.35. The van der Waals surface area contributed by atoms with Gasteiger partial charge in [0, 0.05) is 67.7 Å². The van der Waals surface area contributed by atoms with Crippen LogP contribution < -0.4 is 21.1 Å². The molecule has 3 aromatic rings. The lowest BCUT2D eigenvalue weighted by atomic mass is 10.0. The Morgan fingerprint density at radius 2 is 1.76 bits per heavy atom. The first-order valence-corrected chi connectivity index (χ1v) is 13.6. The molecule has 5 N–H and O–H groups in total. The number of anilines is 2. The quantitative estimate of drug-likeness (QED) is 0.224. The van der Waals surface area contributed by atoms with E-state index in [1.165, 1.54) is 41.1 Å². The van der Waals surface area contributed by atoms with Crippen molar-refractivity contribution in [3.63, 3.8) is 0 Å². The van der Waals surface area contributed by atoms with Crippen molar-refractivity contribution < 1.29 is 17.5 Å². The summed E-state index contributed by atoms with van der Waals surface area (Å²) in [5.41, 5.74) is 12.7. The highest BCUT2D eigenvalue weighted by atomic mass is 35.5. The molecule has 1 aromatic carbocycles. The Kier molecular flexibility index (Phi) is 7.85. The molecule has 0 amide bonds. The molecule has 0 radical (unpaired) electrons. The van der Waals surface area contributed by atoms with Gasteiger partial charge in [-0.1, -0.05) is 23.2 Å². The number of nitrogens with one attached hydrogen (secondary N) is 1. The van der Waals surface area contributed by atoms with Crippen molar-refractivity contribution in [1.82, 2.24) is 14.3 Å². The molecular weight excluding hydrogens is 544 g/mol. The summed E-state index contributed by atoms with van der Waals surface area (Å²) >= 11 is 12.3. The van der Waals surface area contributed by atoms with E-state index >= 15 is 4.39 Å². The Morgan fingerprint density at radius 1 is 1.11 bits per heavy atom. The molecule has 37 heavy (non-hydrogen) atoms. The number of nitrogens with zero attached hydrogens (tertiary/aromatic N) is 4. The summed E-state index contributed by atoms with van der Waals surface area (Å²) in [6, 6.07) is 5.77. The molecule has 2 aromatic heterocycles. The number of sulfonamides is 1. The molecule has 3 heterocycles. The topological polar surface area (TPSA) is 152 Å². The first-order valence-electron chi connectivity index (χ1n) is 11.0. The number of benzene rings is 1. The summed E-state index contributed by atoms with van der Waals surface area (Å²) in [6.07, 6.45) is 4.16. The largest absolute Gasteiger partial charge is 0.471 e. The normalized spacial score (nSPS) is 15.4. The van der Waals surface area contributed by atoms with Gasteiger partial charge in [0.15, 0.2) is 6.23 Å². The number of rotatable bonds is 7. The number of hydrogen-bond donors (Lipinski definition) is 3. The van der Waals surface area contributed by atoms with E-state index in [0.29, 0.717) is 24.5 Å². The summed E-state index contributed by atoms with van der Waals surface area (Å²) in [5, 5.41) is 9.05. The molecule has 0 aliphatic carbocycles. The van der Waals surface area contributed by atoms with Crippen LogP contribution in [0.1, 0.15) is 22.9 Å². The van der Waals surface area contributed by atoms with Gasteiger partial charge < -0.3 is 15.4 Å². The van der Waals surface area contributed by atoms with Crippen LogP contribution in [-0.2, 0) is 10.0 Å². The molecule has 4 rings (SSSR count). The Balaban J connectivity index is 1.53. The van der Waals surface area contributed by atoms with Gasteiger partial charge in [0.1, 0.15) is 17.4 Å². The molecule has 0 saturated carbocycles. The third-order valence-electron chi connectivity index (χ3n) is 5.87. The van der Waals surface area contributed by atoms with Crippen molar-refractivity contribution in [2.75, 3.05) is 43.1 Å². The first-order chi connectivity index (χ1) is 17.5. The molecule has 0 spiro atoms. The van der Waals surface area contributed by atoms with Crippen molar-refractivity contribution in [2.45, 2.75) is 6.23 Å². The Morgan fingerprint density at radius 3 is 2.35 bits per heavy atom. The van der Waals surface area contributed by atoms with Crippen LogP contribution in [0.25, 0.3) is 0 Å². The van der Waals surface area contributed by atoms with Crippen LogP contribution in [0.5, 0.6) is 5.75 Å². The van der Waals surface area contributed by atoms with Crippen LogP contribution in [0, 0.1) is 11.2 Å². The van der Waals surface area contributed by atoms with Gasteiger partial charge in [-0.25, -0.2) is 17.8 Å². The number of hydrogen-bond acceptors (Lipinski definition) is 9. The van der Waals surface area contributed by atoms with E-state index in [1.807, 2.05) is 0 Å². The molecule has 1 aliphatic rings. The maximum atomic E-state index is 15.1. The minimum Gasteiger partial charge on any atom is -0.471 e. The van der Waals surface area contributed by atoms with Gasteiger partial charge in [0.2, 0.25) is 10.0 Å². The molecule has 0 bridgehead atoms. The minimum atomic E-state index is -3.29. The second kappa shape index (κ2) is 10.8. The third-order valence-corrected chi connectivity index (χ3v) is 7.78. The molecule has 1 saturated heterocycles. The molecule has 14 heteroatoms. The van der Waals surface area contributed by atoms with E-state index in [9.17, 15) is 8.42 Å². The molecule has 10 nitrogen and oxygen atoms in total. The lowest BCUT2D eigenvalue weighted by molar-refractivity contribution is 0.214. The van der Waals surface area contributed by atoms with E-state index in [0.717, 1.165) is 6.26 Å². The number of piperazine rings is 1. The Hall–Kier alpha value is -3.03. The van der Waals surface area contributed by atoms with E-state index in [2.05, 4.69) is 9.97 Å². The second-order valence-corrected chi connectivity index (χ2v) is 11.1. The van der Waals surface area contributed by atoms with Gasteiger partial charge in [-0.3, -0.25) is 16.1 Å². The van der Waals surface area contributed by atoms with E-state index in [-0.39, 0.29) is 51.4 Å². The smallest absolute Gasteiger partial charge is 0.211 e. The van der Waals surface area contributed by atoms with Crippen LogP contribution in [0.2, 0.25) is 10.0 Å². The van der Waals surface area contributed by atoms with Gasteiger partial charge in [-0.2, -0.15) is 4.31 Å². The fourth-order valence-corrected chi connectivity index (χ4v) is 5.30. The van der Waals surface area contributed by atoms with Gasteiger partial charge >= 0.3 is 0 Å². The summed E-state index contributed by atoms with van der Waals surface area (Å²) < 4.78 is 45.7. The lowest BCUT2D eigenvalue weighted by Crippen LogP contribution is -2.48. The fraction of sp³-hybridized carbons (Fsp3) is 0.261. The van der Waals surface area contributed by atoms with Crippen LogP contribution in [-0.4, -0.2) is 60.8 Å². The van der Waals surface area contributed by atoms with Gasteiger partial charge in [0.05, 0.1) is 27.6 Å².